The Balaban J connectivity index is 3.02. The Morgan fingerprint density at radius 2 is 1.62 bits per heavy atom. The van der Waals surface area contributed by atoms with E-state index in [0.717, 1.165) is 0 Å². The van der Waals surface area contributed by atoms with Gasteiger partial charge in [0, 0.05) is 5.56 Å². The topological polar surface area (TPSA) is 89.7 Å². The van der Waals surface area contributed by atoms with Crippen molar-refractivity contribution in [2.75, 3.05) is 0 Å². The monoisotopic (exact) mass is 399 g/mol. The van der Waals surface area contributed by atoms with E-state index in [0.29, 0.717) is 24.2 Å². The predicted octanol–water partition coefficient (Wildman–Crippen LogP) is 6.46. The van der Waals surface area contributed by atoms with Crippen LogP contribution in [0.25, 0.3) is 0 Å². The van der Waals surface area contributed by atoms with Crippen LogP contribution in [0.2, 0.25) is 0 Å². The Bertz CT molecular complexity index is 917. The molecule has 0 aliphatic heterocycles. The van der Waals surface area contributed by atoms with Crippen LogP contribution in [0.3, 0.4) is 0 Å². The number of carboxylic acid groups (broad SMARTS) is 1. The molecule has 6 heteroatoms. The molecule has 1 N–H and O–H groups in total. The van der Waals surface area contributed by atoms with Crippen LogP contribution in [0.4, 0.5) is 5.69 Å². The van der Waals surface area contributed by atoms with Crippen LogP contribution in [0.5, 0.6) is 11.5 Å². The molecule has 0 unspecified atom stereocenters. The summed E-state index contributed by atoms with van der Waals surface area (Å²) in [6.07, 6.45) is 1.19. The lowest BCUT2D eigenvalue weighted by Crippen LogP contribution is -2.25. The second-order valence-corrected chi connectivity index (χ2v) is 8.48. The molecular formula is C23H29NO5. The van der Waals surface area contributed by atoms with Crippen LogP contribution >= 0.6 is 0 Å². The molecule has 2 aromatic carbocycles. The molecule has 0 fully saturated rings. The maximum atomic E-state index is 12.3. The molecule has 0 aliphatic carbocycles. The van der Waals surface area contributed by atoms with Gasteiger partial charge in [0.1, 0.15) is 5.75 Å². The van der Waals surface area contributed by atoms with Gasteiger partial charge >= 0.3 is 11.7 Å². The molecule has 0 heterocycles. The molecule has 0 bridgehead atoms. The molecular weight excluding hydrogens is 370 g/mol. The normalized spacial score (nSPS) is 11.9. The summed E-state index contributed by atoms with van der Waals surface area (Å²) in [5.41, 5.74) is -0.839. The first-order valence-electron chi connectivity index (χ1n) is 9.78. The van der Waals surface area contributed by atoms with Crippen LogP contribution in [0.1, 0.15) is 75.9 Å². The molecule has 156 valence electrons. The number of rotatable bonds is 8. The van der Waals surface area contributed by atoms with Gasteiger partial charge in [0.15, 0.2) is 0 Å². The first kappa shape index (κ1) is 22.4. The molecule has 0 aromatic heterocycles. The molecule has 0 saturated heterocycles. The van der Waals surface area contributed by atoms with Crippen molar-refractivity contribution < 1.29 is 19.6 Å². The number of carboxylic acids is 1. The van der Waals surface area contributed by atoms with E-state index in [1.54, 1.807) is 30.3 Å². The molecule has 0 saturated carbocycles. The average Bonchev–Trinajstić information content (AvgIpc) is 2.67. The summed E-state index contributed by atoms with van der Waals surface area (Å²) in [5.74, 6) is -0.592. The number of nitro benzene ring substituents is 1. The Kier molecular flexibility index (Phi) is 6.36. The van der Waals surface area contributed by atoms with Gasteiger partial charge in [-0.25, -0.2) is 4.79 Å². The lowest BCUT2D eigenvalue weighted by atomic mass is 9.74. The number of aromatic carboxylic acids is 1. The van der Waals surface area contributed by atoms with E-state index in [4.69, 9.17) is 4.74 Å². The van der Waals surface area contributed by atoms with Gasteiger partial charge in [-0.3, -0.25) is 10.1 Å². The van der Waals surface area contributed by atoms with Crippen LogP contribution in [0.15, 0.2) is 36.4 Å². The lowest BCUT2D eigenvalue weighted by molar-refractivity contribution is -0.386. The van der Waals surface area contributed by atoms with Crippen LogP contribution < -0.4 is 4.74 Å². The summed E-state index contributed by atoms with van der Waals surface area (Å²) in [5, 5.41) is 22.2. The van der Waals surface area contributed by atoms with Crippen LogP contribution in [0, 0.1) is 10.1 Å². The third-order valence-corrected chi connectivity index (χ3v) is 5.80. The molecule has 0 amide bonds. The number of hydrogen-bond acceptors (Lipinski definition) is 4. The second-order valence-electron chi connectivity index (χ2n) is 8.48. The third kappa shape index (κ3) is 4.42. The summed E-state index contributed by atoms with van der Waals surface area (Å²) in [7, 11) is 0. The minimum absolute atomic E-state index is 0.0412. The highest BCUT2D eigenvalue weighted by molar-refractivity contribution is 5.93. The fraction of sp³-hybridized carbons (Fsp3) is 0.435. The number of hydrogen-bond donors (Lipinski definition) is 1. The highest BCUT2D eigenvalue weighted by Crippen LogP contribution is 2.49. The number of benzene rings is 2. The van der Waals surface area contributed by atoms with Crippen LogP contribution in [-0.4, -0.2) is 16.0 Å². The maximum Gasteiger partial charge on any atom is 0.336 e. The van der Waals surface area contributed by atoms with E-state index >= 15 is 0 Å². The van der Waals surface area contributed by atoms with Crippen molar-refractivity contribution in [2.45, 2.75) is 65.2 Å². The molecule has 0 aliphatic rings. The van der Waals surface area contributed by atoms with Crippen molar-refractivity contribution in [1.82, 2.24) is 0 Å². The van der Waals surface area contributed by atoms with Gasteiger partial charge in [-0.05, 0) is 41.9 Å². The van der Waals surface area contributed by atoms with Crippen molar-refractivity contribution >= 4 is 11.7 Å². The Morgan fingerprint density at radius 1 is 1.07 bits per heavy atom. The Labute approximate surface area is 171 Å². The molecule has 0 radical (unpaired) electrons. The smallest absolute Gasteiger partial charge is 0.336 e. The zero-order valence-corrected chi connectivity index (χ0v) is 17.9. The fourth-order valence-electron chi connectivity index (χ4n) is 3.26. The zero-order valence-electron chi connectivity index (χ0n) is 17.9. The van der Waals surface area contributed by atoms with E-state index in [1.807, 2.05) is 47.6 Å². The largest absolute Gasteiger partial charge is 0.478 e. The summed E-state index contributed by atoms with van der Waals surface area (Å²) in [6.45, 7) is 11.3. The predicted molar refractivity (Wildman–Crippen MR) is 113 cm³/mol. The highest BCUT2D eigenvalue weighted by atomic mass is 16.6. The van der Waals surface area contributed by atoms with E-state index in [9.17, 15) is 20.0 Å². The number of nitro groups is 1. The van der Waals surface area contributed by atoms with Crippen LogP contribution in [-0.2, 0) is 10.8 Å². The van der Waals surface area contributed by atoms with Gasteiger partial charge in [-0.15, -0.1) is 0 Å². The van der Waals surface area contributed by atoms with E-state index in [-0.39, 0.29) is 22.6 Å². The molecule has 2 aromatic rings. The first-order chi connectivity index (χ1) is 13.5. The summed E-state index contributed by atoms with van der Waals surface area (Å²) in [4.78, 5) is 23.9. The van der Waals surface area contributed by atoms with E-state index in [2.05, 4.69) is 0 Å². The summed E-state index contributed by atoms with van der Waals surface area (Å²) < 4.78 is 6.07. The van der Waals surface area contributed by atoms with Gasteiger partial charge in [0.05, 0.1) is 16.1 Å². The molecule has 29 heavy (non-hydrogen) atoms. The summed E-state index contributed by atoms with van der Waals surface area (Å²) in [6, 6.07) is 10.4. The average molecular weight is 399 g/mol. The van der Waals surface area contributed by atoms with Crippen molar-refractivity contribution in [3.05, 3.63) is 63.2 Å². The Hall–Kier alpha value is -2.89. The highest BCUT2D eigenvalue weighted by Gasteiger charge is 2.40. The minimum Gasteiger partial charge on any atom is -0.478 e. The van der Waals surface area contributed by atoms with Crippen molar-refractivity contribution in [1.29, 1.82) is 0 Å². The number of ether oxygens (including phenoxy) is 1. The number of carbonyl (C=O) groups is 1. The zero-order chi connectivity index (χ0) is 22.0. The molecule has 0 atom stereocenters. The summed E-state index contributed by atoms with van der Waals surface area (Å²) >= 11 is 0. The molecule has 0 spiro atoms. The van der Waals surface area contributed by atoms with Gasteiger partial charge in [0.2, 0.25) is 5.75 Å². The van der Waals surface area contributed by atoms with E-state index in [1.165, 1.54) is 0 Å². The van der Waals surface area contributed by atoms with E-state index < -0.39 is 21.7 Å². The number of para-hydroxylation sites is 1. The first-order valence-corrected chi connectivity index (χ1v) is 9.78. The molecule has 6 nitrogen and oxygen atoms in total. The maximum absolute atomic E-state index is 12.3. The van der Waals surface area contributed by atoms with Gasteiger partial charge in [-0.2, -0.15) is 0 Å². The quantitative estimate of drug-likeness (QED) is 0.406. The fourth-order valence-corrected chi connectivity index (χ4v) is 3.26. The van der Waals surface area contributed by atoms with Crippen molar-refractivity contribution in [3.63, 3.8) is 0 Å². The van der Waals surface area contributed by atoms with Crippen molar-refractivity contribution in [3.8, 4) is 11.5 Å². The lowest BCUT2D eigenvalue weighted by Gasteiger charge is -2.31. The van der Waals surface area contributed by atoms with Gasteiger partial charge in [-0.1, -0.05) is 59.7 Å². The van der Waals surface area contributed by atoms with Gasteiger partial charge in [0.25, 0.3) is 0 Å². The SMILES string of the molecule is CCC(C)(C)c1cc(C(=O)O)c(C(C)(C)CC)c([N+](=O)[O-])c1Oc1ccccc1. The standard InChI is InChI=1S/C23H29NO5/c1-7-22(3,4)17-14-16(21(25)26)18(23(5,6)8-2)19(24(27)28)20(17)29-15-12-10-9-11-13-15/h9-14H,7-8H2,1-6H3,(H,25,26). The number of nitrogens with zero attached hydrogens (tertiary/aromatic N) is 1. The Morgan fingerprint density at radius 3 is 2.07 bits per heavy atom. The minimum atomic E-state index is -1.18. The second kappa shape index (κ2) is 8.23. The van der Waals surface area contributed by atoms with Crippen molar-refractivity contribution in [2.24, 2.45) is 0 Å². The molecule has 2 rings (SSSR count). The third-order valence-electron chi connectivity index (χ3n) is 5.80. The van der Waals surface area contributed by atoms with Gasteiger partial charge < -0.3 is 9.84 Å².